The number of hydrogen-bond donors (Lipinski definition) is 3. The van der Waals surface area contributed by atoms with Gasteiger partial charge in [-0.3, -0.25) is 4.79 Å². The molecule has 8 nitrogen and oxygen atoms in total. The molecule has 3 atom stereocenters. The molecule has 1 aliphatic heterocycles. The summed E-state index contributed by atoms with van der Waals surface area (Å²) in [6, 6.07) is 8.51. The highest BCUT2D eigenvalue weighted by Gasteiger charge is 2.61. The minimum Gasteiger partial charge on any atom is -0.481 e. The fourth-order valence-corrected chi connectivity index (χ4v) is 5.10. The normalized spacial score (nSPS) is 24.6. The molecule has 0 spiro atoms. The molecule has 0 bridgehead atoms. The number of nitrogens with zero attached hydrogens (tertiary/aromatic N) is 3. The molecule has 0 radical (unpaired) electrons. The second kappa shape index (κ2) is 11.5. The first-order chi connectivity index (χ1) is 17.6. The van der Waals surface area contributed by atoms with E-state index < -0.39 is 24.2 Å². The fraction of sp³-hybridized carbons (Fsp3) is 0.625. The van der Waals surface area contributed by atoms with Crippen LogP contribution in [-0.4, -0.2) is 58.3 Å². The minimum atomic E-state index is -5.80. The number of aromatic nitrogens is 2. The van der Waals surface area contributed by atoms with Crippen LogP contribution in [0.2, 0.25) is 0 Å². The molecule has 1 aliphatic carbocycles. The van der Waals surface area contributed by atoms with Gasteiger partial charge in [0.2, 0.25) is 17.7 Å². The molecule has 212 valence electrons. The van der Waals surface area contributed by atoms with Crippen LogP contribution in [-0.2, 0) is 4.79 Å². The Morgan fingerprint density at radius 1 is 1.08 bits per heavy atom. The number of rotatable bonds is 4. The lowest BCUT2D eigenvalue weighted by Crippen LogP contribution is -2.64. The van der Waals surface area contributed by atoms with Gasteiger partial charge in [0, 0.05) is 42.8 Å². The first-order valence-electron chi connectivity index (χ1n) is 12.2. The van der Waals surface area contributed by atoms with Crippen LogP contribution in [0.5, 0.6) is 0 Å². The lowest BCUT2D eigenvalue weighted by Gasteiger charge is -2.49. The molecule has 2 aliphatic rings. The molecule has 4 rings (SSSR count). The van der Waals surface area contributed by atoms with E-state index in [0.29, 0.717) is 17.7 Å². The summed E-state index contributed by atoms with van der Waals surface area (Å²) in [6.45, 7) is 3.86. The van der Waals surface area contributed by atoms with E-state index in [1.807, 2.05) is 0 Å². The summed E-state index contributed by atoms with van der Waals surface area (Å²) in [5, 5.41) is 15.6. The van der Waals surface area contributed by atoms with Gasteiger partial charge in [-0.05, 0) is 55.9 Å². The van der Waals surface area contributed by atoms with E-state index in [1.165, 1.54) is 31.4 Å². The van der Waals surface area contributed by atoms with Gasteiger partial charge in [0.15, 0.2) is 0 Å². The molecule has 1 saturated heterocycles. The van der Waals surface area contributed by atoms with Crippen LogP contribution in [0.25, 0.3) is 11.5 Å². The fourth-order valence-electron chi connectivity index (χ4n) is 5.10. The Bertz CT molecular complexity index is 1060. The van der Waals surface area contributed by atoms with Crippen molar-refractivity contribution in [3.63, 3.8) is 0 Å². The molecule has 1 saturated carbocycles. The third kappa shape index (κ3) is 6.95. The van der Waals surface area contributed by atoms with Gasteiger partial charge in [-0.25, -0.2) is 0 Å². The van der Waals surface area contributed by atoms with Gasteiger partial charge in [0.1, 0.15) is 0 Å². The van der Waals surface area contributed by atoms with Crippen LogP contribution >= 0.6 is 0 Å². The van der Waals surface area contributed by atoms with E-state index in [9.17, 15) is 31.1 Å². The average Bonchev–Trinajstić information content (AvgIpc) is 3.26. The number of benzene rings is 1. The van der Waals surface area contributed by atoms with E-state index in [2.05, 4.69) is 39.4 Å². The Hall–Kier alpha value is -2.87. The molecule has 1 aromatic heterocycles. The third-order valence-electron chi connectivity index (χ3n) is 7.15. The van der Waals surface area contributed by atoms with Crippen LogP contribution < -0.4 is 16.4 Å². The maximum absolute atomic E-state index is 11.4. The second-order valence-corrected chi connectivity index (χ2v) is 9.78. The first-order valence-corrected chi connectivity index (χ1v) is 12.2. The Morgan fingerprint density at radius 3 is 2.18 bits per heavy atom. The maximum Gasteiger partial charge on any atom is 0.411 e. The van der Waals surface area contributed by atoms with Crippen molar-refractivity contribution in [2.24, 2.45) is 23.3 Å². The molecule has 0 amide bonds. The number of halogens is 6. The summed E-state index contributed by atoms with van der Waals surface area (Å²) in [5.74, 6) is -5.63. The Kier molecular flexibility index (Phi) is 8.97. The molecule has 3 unspecified atom stereocenters. The SMILES string of the molecule is Cc1nnc(-c2ccc(N3CCCC(C4(N)CCCCC4N)C3)cc2)o1.O=C(O)C(C(F)(F)F)C(F)(F)F. The number of aliphatic carboxylic acids is 1. The zero-order valence-electron chi connectivity index (χ0n) is 20.7. The van der Waals surface area contributed by atoms with Crippen LogP contribution in [0.4, 0.5) is 32.0 Å². The van der Waals surface area contributed by atoms with Gasteiger partial charge in [-0.2, -0.15) is 26.3 Å². The minimum absolute atomic E-state index is 0.129. The quantitative estimate of drug-likeness (QED) is 0.467. The molecule has 1 aromatic carbocycles. The molecule has 2 heterocycles. The molecule has 2 aromatic rings. The summed E-state index contributed by atoms with van der Waals surface area (Å²) in [7, 11) is 0. The second-order valence-electron chi connectivity index (χ2n) is 9.78. The van der Waals surface area contributed by atoms with Crippen molar-refractivity contribution in [1.82, 2.24) is 10.2 Å². The topological polar surface area (TPSA) is 132 Å². The molecular formula is C24H31F6N5O3. The Labute approximate surface area is 215 Å². The smallest absolute Gasteiger partial charge is 0.411 e. The average molecular weight is 552 g/mol. The Balaban J connectivity index is 0.000000284. The first kappa shape index (κ1) is 29.7. The van der Waals surface area contributed by atoms with E-state index >= 15 is 0 Å². The van der Waals surface area contributed by atoms with Crippen LogP contribution in [0, 0.1) is 18.8 Å². The van der Waals surface area contributed by atoms with Crippen molar-refractivity contribution in [2.45, 2.75) is 69.4 Å². The maximum atomic E-state index is 11.4. The lowest BCUT2D eigenvalue weighted by molar-refractivity contribution is -0.280. The largest absolute Gasteiger partial charge is 0.481 e. The van der Waals surface area contributed by atoms with Crippen LogP contribution in [0.1, 0.15) is 44.4 Å². The van der Waals surface area contributed by atoms with Crippen molar-refractivity contribution in [2.75, 3.05) is 18.0 Å². The molecule has 5 N–H and O–H groups in total. The molecule has 2 fully saturated rings. The van der Waals surface area contributed by atoms with Crippen LogP contribution in [0.15, 0.2) is 28.7 Å². The lowest BCUT2D eigenvalue weighted by atomic mass is 9.68. The van der Waals surface area contributed by atoms with Crippen molar-refractivity contribution in [3.05, 3.63) is 30.2 Å². The predicted molar refractivity (Wildman–Crippen MR) is 126 cm³/mol. The summed E-state index contributed by atoms with van der Waals surface area (Å²) >= 11 is 0. The van der Waals surface area contributed by atoms with Gasteiger partial charge >= 0.3 is 18.3 Å². The van der Waals surface area contributed by atoms with Gasteiger partial charge in [-0.15, -0.1) is 10.2 Å². The number of carbonyl (C=O) groups is 1. The summed E-state index contributed by atoms with van der Waals surface area (Å²) < 4.78 is 73.7. The monoisotopic (exact) mass is 551 g/mol. The zero-order chi connectivity index (χ0) is 28.3. The number of aryl methyl sites for hydroxylation is 1. The number of carboxylic acids is 1. The predicted octanol–water partition coefficient (Wildman–Crippen LogP) is 4.67. The Morgan fingerprint density at radius 2 is 1.71 bits per heavy atom. The van der Waals surface area contributed by atoms with Crippen molar-refractivity contribution in [3.8, 4) is 11.5 Å². The summed E-state index contributed by atoms with van der Waals surface area (Å²) in [6.07, 6.45) is -4.71. The van der Waals surface area contributed by atoms with Crippen molar-refractivity contribution in [1.29, 1.82) is 0 Å². The van der Waals surface area contributed by atoms with E-state index in [4.69, 9.17) is 21.0 Å². The number of hydrogen-bond acceptors (Lipinski definition) is 7. The summed E-state index contributed by atoms with van der Waals surface area (Å²) in [4.78, 5) is 12.0. The number of nitrogens with two attached hydrogens (primary N) is 2. The standard InChI is InChI=1S/C20H29N5O.C4H2F6O2/c1-14-23-24-19(26-14)15-7-9-17(10-8-15)25-12-4-5-16(13-25)20(22)11-3-2-6-18(20)21;5-3(6,7)1(2(11)12)4(8,9)10/h7-10,16,18H,2-6,11-13,21-22H2,1H3;1H,(H,11,12). The number of alkyl halides is 6. The van der Waals surface area contributed by atoms with E-state index in [0.717, 1.165) is 31.5 Å². The third-order valence-corrected chi connectivity index (χ3v) is 7.15. The molecular weight excluding hydrogens is 520 g/mol. The number of piperidine rings is 1. The zero-order valence-corrected chi connectivity index (χ0v) is 20.7. The number of carboxylic acid groups (broad SMARTS) is 1. The van der Waals surface area contributed by atoms with Crippen molar-refractivity contribution >= 4 is 11.7 Å². The van der Waals surface area contributed by atoms with Crippen LogP contribution in [0.3, 0.4) is 0 Å². The highest BCUT2D eigenvalue weighted by atomic mass is 19.4. The van der Waals surface area contributed by atoms with Crippen molar-refractivity contribution < 1.29 is 40.7 Å². The highest BCUT2D eigenvalue weighted by Crippen LogP contribution is 2.39. The molecule has 14 heteroatoms. The van der Waals surface area contributed by atoms with E-state index in [1.54, 1.807) is 6.92 Å². The summed E-state index contributed by atoms with van der Waals surface area (Å²) in [5.41, 5.74) is 15.3. The van der Waals surface area contributed by atoms with Gasteiger partial charge < -0.3 is 25.9 Å². The van der Waals surface area contributed by atoms with Gasteiger partial charge in [-0.1, -0.05) is 12.8 Å². The van der Waals surface area contributed by atoms with Gasteiger partial charge in [0.25, 0.3) is 0 Å². The van der Waals surface area contributed by atoms with Gasteiger partial charge in [0.05, 0.1) is 0 Å². The molecule has 38 heavy (non-hydrogen) atoms. The highest BCUT2D eigenvalue weighted by molar-refractivity contribution is 5.71. The van der Waals surface area contributed by atoms with E-state index in [-0.39, 0.29) is 11.6 Å². The number of anilines is 1.